The minimum Gasteiger partial charge on any atom is -0.340 e. The summed E-state index contributed by atoms with van der Waals surface area (Å²) < 4.78 is 38.1. The van der Waals surface area contributed by atoms with Crippen molar-refractivity contribution in [3.05, 3.63) is 77.5 Å². The highest BCUT2D eigenvalue weighted by Gasteiger charge is 2.29. The number of hydrogen-bond acceptors (Lipinski definition) is 4. The first kappa shape index (κ1) is 19.7. The lowest BCUT2D eigenvalue weighted by molar-refractivity contribution is -0.137. The summed E-state index contributed by atoms with van der Waals surface area (Å²) in [5.41, 5.74) is 1.76. The van der Waals surface area contributed by atoms with Gasteiger partial charge in [-0.25, -0.2) is 4.98 Å². The lowest BCUT2D eigenvalue weighted by Gasteiger charge is -2.22. The van der Waals surface area contributed by atoms with Crippen molar-refractivity contribution < 1.29 is 13.2 Å². The van der Waals surface area contributed by atoms with Gasteiger partial charge in [0.15, 0.2) is 0 Å². The quantitative estimate of drug-likeness (QED) is 0.601. The zero-order valence-corrected chi connectivity index (χ0v) is 15.7. The number of aromatic nitrogens is 2. The second kappa shape index (κ2) is 8.29. The molecule has 0 atom stereocenters. The molecule has 4 nitrogen and oxygen atoms in total. The van der Waals surface area contributed by atoms with Crippen molar-refractivity contribution in [1.29, 1.82) is 0 Å². The molecule has 1 N–H and O–H groups in total. The molecule has 28 heavy (non-hydrogen) atoms. The fourth-order valence-electron chi connectivity index (χ4n) is 2.78. The van der Waals surface area contributed by atoms with Crippen molar-refractivity contribution in [2.24, 2.45) is 0 Å². The number of hydrogen-bond donors (Lipinski definition) is 1. The molecule has 0 radical (unpaired) electrons. The van der Waals surface area contributed by atoms with Gasteiger partial charge in [-0.2, -0.15) is 18.2 Å². The molecule has 0 aliphatic rings. The third kappa shape index (κ3) is 5.00. The maximum absolute atomic E-state index is 12.7. The fourth-order valence-corrected chi connectivity index (χ4v) is 2.78. The van der Waals surface area contributed by atoms with E-state index in [9.17, 15) is 13.2 Å². The van der Waals surface area contributed by atoms with Gasteiger partial charge in [0, 0.05) is 30.5 Å². The van der Waals surface area contributed by atoms with Crippen molar-refractivity contribution in [2.45, 2.75) is 26.6 Å². The second-order valence-electron chi connectivity index (χ2n) is 6.39. The average Bonchev–Trinajstić information content (AvgIpc) is 2.66. The Morgan fingerprint density at radius 1 is 0.964 bits per heavy atom. The number of anilines is 3. The minimum absolute atomic E-state index is 0.531. The molecule has 0 fully saturated rings. The van der Waals surface area contributed by atoms with Crippen LogP contribution in [0.15, 0.2) is 60.7 Å². The maximum Gasteiger partial charge on any atom is 0.416 e. The monoisotopic (exact) mass is 386 g/mol. The summed E-state index contributed by atoms with van der Waals surface area (Å²) >= 11 is 0. The molecule has 0 aliphatic heterocycles. The molecule has 0 bridgehead atoms. The van der Waals surface area contributed by atoms with Crippen LogP contribution in [0.4, 0.5) is 30.6 Å². The lowest BCUT2D eigenvalue weighted by atomic mass is 10.2. The number of benzene rings is 2. The van der Waals surface area contributed by atoms with Crippen molar-refractivity contribution in [3.63, 3.8) is 0 Å². The van der Waals surface area contributed by atoms with Gasteiger partial charge in [-0.15, -0.1) is 0 Å². The van der Waals surface area contributed by atoms with Crippen LogP contribution in [0.3, 0.4) is 0 Å². The smallest absolute Gasteiger partial charge is 0.340 e. The third-order valence-corrected chi connectivity index (χ3v) is 4.21. The Hall–Kier alpha value is -3.09. The molecule has 2 aromatic carbocycles. The number of rotatable bonds is 6. The molecular formula is C21H21F3N4. The highest BCUT2D eigenvalue weighted by Crippen LogP contribution is 2.30. The molecule has 0 saturated carbocycles. The summed E-state index contributed by atoms with van der Waals surface area (Å²) in [6.45, 7) is 5.27. The Morgan fingerprint density at radius 3 is 2.25 bits per heavy atom. The van der Waals surface area contributed by atoms with Crippen LogP contribution >= 0.6 is 0 Å². The van der Waals surface area contributed by atoms with Crippen LogP contribution in [0, 0.1) is 6.92 Å². The van der Waals surface area contributed by atoms with Gasteiger partial charge in [-0.05, 0) is 43.7 Å². The van der Waals surface area contributed by atoms with E-state index in [1.165, 1.54) is 12.1 Å². The summed E-state index contributed by atoms with van der Waals surface area (Å²) in [6, 6.07) is 16.7. The molecule has 0 unspecified atom stereocenters. The van der Waals surface area contributed by atoms with Gasteiger partial charge in [0.1, 0.15) is 5.82 Å². The number of aryl methyl sites for hydroxylation is 1. The van der Waals surface area contributed by atoms with Crippen molar-refractivity contribution in [1.82, 2.24) is 9.97 Å². The van der Waals surface area contributed by atoms with E-state index in [1.807, 2.05) is 49.1 Å². The molecule has 7 heteroatoms. The van der Waals surface area contributed by atoms with Crippen LogP contribution in [0.5, 0.6) is 0 Å². The van der Waals surface area contributed by atoms with Gasteiger partial charge < -0.3 is 10.2 Å². The molecule has 1 aromatic heterocycles. The lowest BCUT2D eigenvalue weighted by Crippen LogP contribution is -2.24. The molecular weight excluding hydrogens is 365 g/mol. The summed E-state index contributed by atoms with van der Waals surface area (Å²) in [5, 5.41) is 3.06. The van der Waals surface area contributed by atoms with Crippen molar-refractivity contribution in [3.8, 4) is 0 Å². The van der Waals surface area contributed by atoms with Crippen LogP contribution in [-0.2, 0) is 12.7 Å². The highest BCUT2D eigenvalue weighted by molar-refractivity contribution is 5.58. The predicted molar refractivity (Wildman–Crippen MR) is 105 cm³/mol. The topological polar surface area (TPSA) is 41.1 Å². The van der Waals surface area contributed by atoms with Gasteiger partial charge in [-0.1, -0.05) is 30.3 Å². The maximum atomic E-state index is 12.7. The summed E-state index contributed by atoms with van der Waals surface area (Å²) in [7, 11) is 0. The summed E-state index contributed by atoms with van der Waals surface area (Å²) in [6.07, 6.45) is -4.35. The van der Waals surface area contributed by atoms with Crippen LogP contribution in [-0.4, -0.2) is 16.5 Å². The van der Waals surface area contributed by atoms with Gasteiger partial charge in [0.2, 0.25) is 5.95 Å². The third-order valence-electron chi connectivity index (χ3n) is 4.21. The van der Waals surface area contributed by atoms with Gasteiger partial charge in [-0.3, -0.25) is 0 Å². The van der Waals surface area contributed by atoms with E-state index >= 15 is 0 Å². The minimum atomic E-state index is -4.35. The Bertz CT molecular complexity index is 909. The molecule has 0 saturated heterocycles. The first-order chi connectivity index (χ1) is 13.3. The van der Waals surface area contributed by atoms with Crippen molar-refractivity contribution >= 4 is 17.5 Å². The molecule has 146 valence electrons. The molecule has 3 rings (SSSR count). The van der Waals surface area contributed by atoms with E-state index in [0.717, 1.165) is 29.9 Å². The molecule has 1 heterocycles. The second-order valence-corrected chi connectivity index (χ2v) is 6.39. The van der Waals surface area contributed by atoms with Crippen LogP contribution in [0.1, 0.15) is 23.7 Å². The van der Waals surface area contributed by atoms with Crippen LogP contribution < -0.4 is 10.2 Å². The van der Waals surface area contributed by atoms with E-state index in [-0.39, 0.29) is 0 Å². The zero-order valence-electron chi connectivity index (χ0n) is 15.7. The van der Waals surface area contributed by atoms with Gasteiger partial charge in [0.05, 0.1) is 5.56 Å². The van der Waals surface area contributed by atoms with E-state index < -0.39 is 11.7 Å². The number of alkyl halides is 3. The molecule has 0 aliphatic carbocycles. The normalized spacial score (nSPS) is 11.3. The van der Waals surface area contributed by atoms with Gasteiger partial charge >= 0.3 is 6.18 Å². The van der Waals surface area contributed by atoms with E-state index in [2.05, 4.69) is 15.3 Å². The Kier molecular flexibility index (Phi) is 5.82. The van der Waals surface area contributed by atoms with E-state index in [1.54, 1.807) is 6.07 Å². The molecule has 0 amide bonds. The van der Waals surface area contributed by atoms with Gasteiger partial charge in [0.25, 0.3) is 0 Å². The number of nitrogens with zero attached hydrogens (tertiary/aromatic N) is 3. The molecule has 3 aromatic rings. The standard InChI is InChI=1S/C21H21F3N4/c1-3-28(14-16-7-5-4-6-8-16)20-25-15(2)13-19(27-20)26-18-11-9-17(10-12-18)21(22,23)24/h4-13H,3,14H2,1-2H3,(H,25,26,27). The Morgan fingerprint density at radius 2 is 1.64 bits per heavy atom. The Balaban J connectivity index is 1.80. The van der Waals surface area contributed by atoms with Crippen molar-refractivity contribution in [2.75, 3.05) is 16.8 Å². The van der Waals surface area contributed by atoms with Crippen LogP contribution in [0.2, 0.25) is 0 Å². The predicted octanol–water partition coefficient (Wildman–Crippen LogP) is 5.57. The average molecular weight is 386 g/mol. The molecule has 0 spiro atoms. The number of halogens is 3. The SMILES string of the molecule is CCN(Cc1ccccc1)c1nc(C)cc(Nc2ccc(C(F)(F)F)cc2)n1. The Labute approximate surface area is 162 Å². The van der Waals surface area contributed by atoms with Crippen LogP contribution in [0.25, 0.3) is 0 Å². The zero-order chi connectivity index (χ0) is 20.1. The number of nitrogens with one attached hydrogen (secondary N) is 1. The van der Waals surface area contributed by atoms with E-state index in [4.69, 9.17) is 0 Å². The fraction of sp³-hybridized carbons (Fsp3) is 0.238. The summed E-state index contributed by atoms with van der Waals surface area (Å²) in [4.78, 5) is 11.1. The first-order valence-electron chi connectivity index (χ1n) is 8.94. The largest absolute Gasteiger partial charge is 0.416 e. The first-order valence-corrected chi connectivity index (χ1v) is 8.94. The summed E-state index contributed by atoms with van der Waals surface area (Å²) in [5.74, 6) is 1.11. The highest BCUT2D eigenvalue weighted by atomic mass is 19.4. The van der Waals surface area contributed by atoms with E-state index in [0.29, 0.717) is 24.0 Å².